The molecule has 0 aliphatic carbocycles. The number of ether oxygens (including phenoxy) is 1. The topological polar surface area (TPSA) is 68.5 Å². The van der Waals surface area contributed by atoms with Crippen LogP contribution in [0.5, 0.6) is 5.75 Å². The van der Waals surface area contributed by atoms with E-state index in [4.69, 9.17) is 20.8 Å². The van der Waals surface area contributed by atoms with Crippen molar-refractivity contribution in [3.63, 3.8) is 0 Å². The zero-order chi connectivity index (χ0) is 20.5. The van der Waals surface area contributed by atoms with Crippen LogP contribution in [-0.4, -0.2) is 12.5 Å². The molecule has 9 heteroatoms. The van der Waals surface area contributed by atoms with Crippen molar-refractivity contribution in [3.05, 3.63) is 69.0 Å². The van der Waals surface area contributed by atoms with E-state index >= 15 is 0 Å². The molecule has 0 unspecified atom stereocenters. The summed E-state index contributed by atoms with van der Waals surface area (Å²) in [5.41, 5.74) is -0.587. The highest BCUT2D eigenvalue weighted by molar-refractivity contribution is 6.31. The Kier molecular flexibility index (Phi) is 5.33. The number of fused-ring (bicyclic) bond motifs is 1. The van der Waals surface area contributed by atoms with Crippen LogP contribution in [0.15, 0.2) is 51.7 Å². The lowest BCUT2D eigenvalue weighted by Crippen LogP contribution is -2.20. The quantitative estimate of drug-likeness (QED) is 0.627. The van der Waals surface area contributed by atoms with E-state index in [0.29, 0.717) is 5.58 Å². The monoisotopic (exact) mass is 411 g/mol. The van der Waals surface area contributed by atoms with Crippen molar-refractivity contribution in [2.24, 2.45) is 0 Å². The van der Waals surface area contributed by atoms with Crippen LogP contribution in [0.4, 0.5) is 18.9 Å². The van der Waals surface area contributed by atoms with Crippen LogP contribution >= 0.6 is 11.6 Å². The molecule has 2 aromatic carbocycles. The van der Waals surface area contributed by atoms with Crippen LogP contribution in [0.3, 0.4) is 0 Å². The molecule has 0 aliphatic heterocycles. The van der Waals surface area contributed by atoms with E-state index in [1.54, 1.807) is 19.1 Å². The number of nitrogens with one attached hydrogen (secondary N) is 1. The normalized spacial score (nSPS) is 11.5. The van der Waals surface area contributed by atoms with E-state index in [-0.39, 0.29) is 11.4 Å². The third-order valence-electron chi connectivity index (χ3n) is 3.85. The van der Waals surface area contributed by atoms with Crippen LogP contribution in [-0.2, 0) is 11.0 Å². The second kappa shape index (κ2) is 7.55. The summed E-state index contributed by atoms with van der Waals surface area (Å²) >= 11 is 5.54. The Balaban J connectivity index is 1.69. The zero-order valence-corrected chi connectivity index (χ0v) is 15.1. The molecule has 0 fully saturated rings. The average Bonchev–Trinajstić information content (AvgIpc) is 2.60. The van der Waals surface area contributed by atoms with Gasteiger partial charge in [0.25, 0.3) is 5.91 Å². The van der Waals surface area contributed by atoms with E-state index in [1.807, 2.05) is 0 Å². The number of rotatable bonds is 4. The minimum atomic E-state index is -4.64. The maximum absolute atomic E-state index is 12.9. The molecule has 0 saturated carbocycles. The van der Waals surface area contributed by atoms with Gasteiger partial charge in [-0.2, -0.15) is 13.2 Å². The summed E-state index contributed by atoms with van der Waals surface area (Å²) in [6, 6.07) is 9.13. The Morgan fingerprint density at radius 2 is 1.93 bits per heavy atom. The highest BCUT2D eigenvalue weighted by Gasteiger charge is 2.33. The molecule has 1 heterocycles. The first-order valence-electron chi connectivity index (χ1n) is 7.97. The van der Waals surface area contributed by atoms with Crippen molar-refractivity contribution in [2.45, 2.75) is 13.1 Å². The lowest BCUT2D eigenvalue weighted by molar-refractivity contribution is -0.137. The molecule has 5 nitrogen and oxygen atoms in total. The number of amides is 1. The first-order chi connectivity index (χ1) is 13.1. The van der Waals surface area contributed by atoms with E-state index in [0.717, 1.165) is 23.1 Å². The Hall–Kier alpha value is -3.00. The molecule has 1 N–H and O–H groups in total. The van der Waals surface area contributed by atoms with Crippen molar-refractivity contribution in [3.8, 4) is 5.75 Å². The number of anilines is 1. The van der Waals surface area contributed by atoms with Gasteiger partial charge in [0.1, 0.15) is 11.3 Å². The second-order valence-corrected chi connectivity index (χ2v) is 6.34. The second-order valence-electron chi connectivity index (χ2n) is 5.94. The third kappa shape index (κ3) is 4.45. The summed E-state index contributed by atoms with van der Waals surface area (Å²) in [6.07, 6.45) is -4.64. The molecule has 0 saturated heterocycles. The first kappa shape index (κ1) is 19.8. The summed E-state index contributed by atoms with van der Waals surface area (Å²) in [7, 11) is 0. The molecular weight excluding hydrogens is 399 g/mol. The van der Waals surface area contributed by atoms with Gasteiger partial charge in [0, 0.05) is 23.2 Å². The molecular formula is C19H13ClF3NO4. The summed E-state index contributed by atoms with van der Waals surface area (Å²) in [5, 5.41) is 2.57. The standard InChI is InChI=1S/C19H13ClF3NO4/c1-10-6-18(26)28-16-8-12(3-4-13(10)16)27-9-17(25)24-11-2-5-15(20)14(7-11)19(21,22)23/h2-8H,9H2,1H3,(H,24,25). The summed E-state index contributed by atoms with van der Waals surface area (Å²) in [6.45, 7) is 1.31. The Labute approximate surface area is 161 Å². The lowest BCUT2D eigenvalue weighted by Gasteiger charge is -2.12. The third-order valence-corrected chi connectivity index (χ3v) is 4.18. The minimum absolute atomic E-state index is 0.0644. The molecule has 0 aliphatic rings. The van der Waals surface area contributed by atoms with Gasteiger partial charge in [-0.15, -0.1) is 0 Å². The van der Waals surface area contributed by atoms with Crippen LogP contribution in [0.1, 0.15) is 11.1 Å². The number of halogens is 4. The van der Waals surface area contributed by atoms with Crippen molar-refractivity contribution in [1.82, 2.24) is 0 Å². The van der Waals surface area contributed by atoms with Crippen molar-refractivity contribution >= 4 is 34.2 Å². The summed E-state index contributed by atoms with van der Waals surface area (Å²) < 4.78 is 49.0. The lowest BCUT2D eigenvalue weighted by atomic mass is 10.1. The van der Waals surface area contributed by atoms with Gasteiger partial charge in [0.2, 0.25) is 0 Å². The zero-order valence-electron chi connectivity index (χ0n) is 14.4. The number of benzene rings is 2. The largest absolute Gasteiger partial charge is 0.484 e. The van der Waals surface area contributed by atoms with Crippen molar-refractivity contribution in [2.75, 3.05) is 11.9 Å². The Morgan fingerprint density at radius 1 is 1.18 bits per heavy atom. The SMILES string of the molecule is Cc1cc(=O)oc2cc(OCC(=O)Nc3ccc(Cl)c(C(F)(F)F)c3)ccc12. The fourth-order valence-electron chi connectivity index (χ4n) is 2.56. The number of hydrogen-bond acceptors (Lipinski definition) is 4. The number of carbonyl (C=O) groups excluding carboxylic acids is 1. The van der Waals surface area contributed by atoms with Gasteiger partial charge in [-0.1, -0.05) is 11.6 Å². The van der Waals surface area contributed by atoms with E-state index in [9.17, 15) is 22.8 Å². The predicted octanol–water partition coefficient (Wildman–Crippen LogP) is 4.79. The van der Waals surface area contributed by atoms with Crippen LogP contribution in [0, 0.1) is 6.92 Å². The summed E-state index contributed by atoms with van der Waals surface area (Å²) in [4.78, 5) is 23.4. The molecule has 28 heavy (non-hydrogen) atoms. The van der Waals surface area contributed by atoms with E-state index in [2.05, 4.69) is 5.32 Å². The predicted molar refractivity (Wildman–Crippen MR) is 97.8 cm³/mol. The molecule has 0 spiro atoms. The van der Waals surface area contributed by atoms with E-state index in [1.165, 1.54) is 18.2 Å². The van der Waals surface area contributed by atoms with Crippen LogP contribution < -0.4 is 15.7 Å². The molecule has 1 amide bonds. The fourth-order valence-corrected chi connectivity index (χ4v) is 2.79. The molecule has 3 rings (SSSR count). The number of hydrogen-bond donors (Lipinski definition) is 1. The van der Waals surface area contributed by atoms with Crippen LogP contribution in [0.25, 0.3) is 11.0 Å². The molecule has 0 radical (unpaired) electrons. The maximum Gasteiger partial charge on any atom is 0.417 e. The van der Waals surface area contributed by atoms with E-state index < -0.39 is 34.9 Å². The molecule has 1 aromatic heterocycles. The molecule has 0 atom stereocenters. The Bertz CT molecular complexity index is 1110. The van der Waals surface area contributed by atoms with Gasteiger partial charge in [0.05, 0.1) is 10.6 Å². The summed E-state index contributed by atoms with van der Waals surface area (Å²) in [5.74, 6) is -0.398. The van der Waals surface area contributed by atoms with Crippen LogP contribution in [0.2, 0.25) is 5.02 Å². The first-order valence-corrected chi connectivity index (χ1v) is 8.35. The van der Waals surface area contributed by atoms with Gasteiger partial charge in [0.15, 0.2) is 6.61 Å². The maximum atomic E-state index is 12.9. The minimum Gasteiger partial charge on any atom is -0.484 e. The highest BCUT2D eigenvalue weighted by Crippen LogP contribution is 2.36. The molecule has 3 aromatic rings. The number of aryl methyl sites for hydroxylation is 1. The van der Waals surface area contributed by atoms with Gasteiger partial charge >= 0.3 is 11.8 Å². The highest BCUT2D eigenvalue weighted by atomic mass is 35.5. The number of carbonyl (C=O) groups is 1. The van der Waals surface area contributed by atoms with Gasteiger partial charge in [-0.25, -0.2) is 4.79 Å². The smallest absolute Gasteiger partial charge is 0.417 e. The average molecular weight is 412 g/mol. The van der Waals surface area contributed by atoms with Crippen molar-refractivity contribution < 1.29 is 27.1 Å². The van der Waals surface area contributed by atoms with Gasteiger partial charge < -0.3 is 14.5 Å². The fraction of sp³-hybridized carbons (Fsp3) is 0.158. The molecule has 146 valence electrons. The number of alkyl halides is 3. The van der Waals surface area contributed by atoms with Crippen molar-refractivity contribution in [1.29, 1.82) is 0 Å². The molecule has 0 bridgehead atoms. The Morgan fingerprint density at radius 3 is 2.64 bits per heavy atom. The van der Waals surface area contributed by atoms with Gasteiger partial charge in [-0.3, -0.25) is 4.79 Å². The van der Waals surface area contributed by atoms with Gasteiger partial charge in [-0.05, 0) is 42.8 Å².